The van der Waals surface area contributed by atoms with E-state index in [0.29, 0.717) is 0 Å². The Kier molecular flexibility index (Phi) is 5.12. The SMILES string of the molecule is CC(C)CCC(NC1CCCC(C)C1C)C1CC1. The van der Waals surface area contributed by atoms with Crippen molar-refractivity contribution in [2.24, 2.45) is 23.7 Å². The predicted octanol–water partition coefficient (Wildman–Crippen LogP) is 4.62. The van der Waals surface area contributed by atoms with Crippen molar-refractivity contribution in [1.29, 1.82) is 0 Å². The molecule has 4 unspecified atom stereocenters. The summed E-state index contributed by atoms with van der Waals surface area (Å²) in [6.07, 6.45) is 10.0. The Balaban J connectivity index is 1.83. The molecular formula is C17H33N. The molecule has 1 nitrogen and oxygen atoms in total. The highest BCUT2D eigenvalue weighted by atomic mass is 15.0. The lowest BCUT2D eigenvalue weighted by Gasteiger charge is -2.37. The van der Waals surface area contributed by atoms with Crippen molar-refractivity contribution in [3.05, 3.63) is 0 Å². The third kappa shape index (κ3) is 3.98. The summed E-state index contributed by atoms with van der Waals surface area (Å²) in [5, 5.41) is 4.05. The molecule has 0 aliphatic heterocycles. The van der Waals surface area contributed by atoms with E-state index in [1.807, 2.05) is 0 Å². The highest BCUT2D eigenvalue weighted by molar-refractivity contribution is 4.91. The van der Waals surface area contributed by atoms with Gasteiger partial charge in [0.15, 0.2) is 0 Å². The first-order valence-electron chi connectivity index (χ1n) is 8.34. The Bertz CT molecular complexity index is 244. The lowest BCUT2D eigenvalue weighted by molar-refractivity contribution is 0.183. The summed E-state index contributed by atoms with van der Waals surface area (Å²) in [4.78, 5) is 0. The molecule has 0 aromatic carbocycles. The molecule has 2 rings (SSSR count). The van der Waals surface area contributed by atoms with Crippen LogP contribution >= 0.6 is 0 Å². The van der Waals surface area contributed by atoms with E-state index in [0.717, 1.165) is 35.8 Å². The molecule has 0 amide bonds. The fourth-order valence-electron chi connectivity index (χ4n) is 3.56. The number of hydrogen-bond donors (Lipinski definition) is 1. The van der Waals surface area contributed by atoms with Crippen molar-refractivity contribution in [2.45, 2.75) is 84.7 Å². The van der Waals surface area contributed by atoms with Gasteiger partial charge in [-0.05, 0) is 55.8 Å². The van der Waals surface area contributed by atoms with E-state index in [-0.39, 0.29) is 0 Å². The summed E-state index contributed by atoms with van der Waals surface area (Å²) < 4.78 is 0. The molecule has 0 aromatic rings. The molecule has 0 saturated heterocycles. The van der Waals surface area contributed by atoms with E-state index in [4.69, 9.17) is 0 Å². The van der Waals surface area contributed by atoms with Gasteiger partial charge in [0, 0.05) is 12.1 Å². The van der Waals surface area contributed by atoms with Crippen molar-refractivity contribution < 1.29 is 0 Å². The van der Waals surface area contributed by atoms with Crippen LogP contribution in [0.15, 0.2) is 0 Å². The van der Waals surface area contributed by atoms with Gasteiger partial charge in [0.2, 0.25) is 0 Å². The van der Waals surface area contributed by atoms with Crippen LogP contribution in [0.4, 0.5) is 0 Å². The highest BCUT2D eigenvalue weighted by Gasteiger charge is 2.35. The van der Waals surface area contributed by atoms with E-state index in [9.17, 15) is 0 Å². The topological polar surface area (TPSA) is 12.0 Å². The van der Waals surface area contributed by atoms with E-state index in [2.05, 4.69) is 33.0 Å². The second-order valence-corrected chi connectivity index (χ2v) is 7.46. The smallest absolute Gasteiger partial charge is 0.00981 e. The predicted molar refractivity (Wildman–Crippen MR) is 79.7 cm³/mol. The van der Waals surface area contributed by atoms with Crippen molar-refractivity contribution in [1.82, 2.24) is 5.32 Å². The summed E-state index contributed by atoms with van der Waals surface area (Å²) in [7, 11) is 0. The molecule has 2 saturated carbocycles. The van der Waals surface area contributed by atoms with Crippen LogP contribution in [-0.4, -0.2) is 12.1 Å². The van der Waals surface area contributed by atoms with Gasteiger partial charge in [-0.3, -0.25) is 0 Å². The van der Waals surface area contributed by atoms with Gasteiger partial charge < -0.3 is 5.32 Å². The summed E-state index contributed by atoms with van der Waals surface area (Å²) in [5.41, 5.74) is 0. The van der Waals surface area contributed by atoms with Crippen LogP contribution in [0, 0.1) is 23.7 Å². The third-order valence-electron chi connectivity index (χ3n) is 5.38. The van der Waals surface area contributed by atoms with Crippen LogP contribution in [0.2, 0.25) is 0 Å². The third-order valence-corrected chi connectivity index (χ3v) is 5.38. The molecule has 2 fully saturated rings. The van der Waals surface area contributed by atoms with Gasteiger partial charge in [-0.25, -0.2) is 0 Å². The first-order chi connectivity index (χ1) is 8.58. The van der Waals surface area contributed by atoms with Gasteiger partial charge in [0.25, 0.3) is 0 Å². The van der Waals surface area contributed by atoms with Gasteiger partial charge >= 0.3 is 0 Å². The van der Waals surface area contributed by atoms with Gasteiger partial charge in [0.05, 0.1) is 0 Å². The van der Waals surface area contributed by atoms with Crippen LogP contribution in [-0.2, 0) is 0 Å². The summed E-state index contributed by atoms with van der Waals surface area (Å²) in [5.74, 6) is 3.66. The monoisotopic (exact) mass is 251 g/mol. The lowest BCUT2D eigenvalue weighted by atomic mass is 9.77. The summed E-state index contributed by atoms with van der Waals surface area (Å²) in [6.45, 7) is 9.62. The Hall–Kier alpha value is -0.0400. The second-order valence-electron chi connectivity index (χ2n) is 7.46. The second kappa shape index (κ2) is 6.41. The maximum atomic E-state index is 4.05. The van der Waals surface area contributed by atoms with Gasteiger partial charge in [-0.1, -0.05) is 40.5 Å². The first kappa shape index (κ1) is 14.4. The largest absolute Gasteiger partial charge is 0.311 e. The van der Waals surface area contributed by atoms with E-state index < -0.39 is 0 Å². The average molecular weight is 251 g/mol. The zero-order valence-corrected chi connectivity index (χ0v) is 12.9. The minimum atomic E-state index is 0.798. The molecule has 2 aliphatic carbocycles. The Morgan fingerprint density at radius 3 is 2.33 bits per heavy atom. The molecule has 1 N–H and O–H groups in total. The average Bonchev–Trinajstić information content (AvgIpc) is 3.13. The number of hydrogen-bond acceptors (Lipinski definition) is 1. The van der Waals surface area contributed by atoms with Crippen molar-refractivity contribution in [3.63, 3.8) is 0 Å². The molecule has 0 aromatic heterocycles. The van der Waals surface area contributed by atoms with Crippen LogP contribution in [0.1, 0.15) is 72.6 Å². The molecule has 1 heteroatoms. The van der Waals surface area contributed by atoms with E-state index >= 15 is 0 Å². The fraction of sp³-hybridized carbons (Fsp3) is 1.00. The quantitative estimate of drug-likeness (QED) is 0.726. The van der Waals surface area contributed by atoms with Crippen LogP contribution in [0.25, 0.3) is 0 Å². The minimum Gasteiger partial charge on any atom is -0.311 e. The normalized spacial score (nSPS) is 34.8. The first-order valence-corrected chi connectivity index (χ1v) is 8.34. The van der Waals surface area contributed by atoms with Crippen LogP contribution < -0.4 is 5.32 Å². The van der Waals surface area contributed by atoms with Gasteiger partial charge in [-0.15, -0.1) is 0 Å². The van der Waals surface area contributed by atoms with E-state index in [1.165, 1.54) is 44.9 Å². The number of rotatable bonds is 6. The maximum absolute atomic E-state index is 4.05. The molecular weight excluding hydrogens is 218 g/mol. The molecule has 0 radical (unpaired) electrons. The molecule has 2 aliphatic rings. The molecule has 0 heterocycles. The Labute approximate surface area is 114 Å². The molecule has 0 spiro atoms. The number of nitrogens with one attached hydrogen (secondary N) is 1. The minimum absolute atomic E-state index is 0.798. The summed E-state index contributed by atoms with van der Waals surface area (Å²) in [6, 6.07) is 1.62. The highest BCUT2D eigenvalue weighted by Crippen LogP contribution is 2.37. The van der Waals surface area contributed by atoms with Crippen molar-refractivity contribution >= 4 is 0 Å². The van der Waals surface area contributed by atoms with Gasteiger partial charge in [0.1, 0.15) is 0 Å². The van der Waals surface area contributed by atoms with E-state index in [1.54, 1.807) is 0 Å². The molecule has 4 atom stereocenters. The summed E-state index contributed by atoms with van der Waals surface area (Å²) >= 11 is 0. The van der Waals surface area contributed by atoms with Crippen LogP contribution in [0.3, 0.4) is 0 Å². The maximum Gasteiger partial charge on any atom is 0.00981 e. The van der Waals surface area contributed by atoms with Crippen molar-refractivity contribution in [3.8, 4) is 0 Å². The van der Waals surface area contributed by atoms with Crippen molar-refractivity contribution in [2.75, 3.05) is 0 Å². The standard InChI is InChI=1S/C17H33N/c1-12(2)8-11-17(15-9-10-15)18-16-7-5-6-13(3)14(16)4/h12-18H,5-11H2,1-4H3. The Morgan fingerprint density at radius 2 is 1.72 bits per heavy atom. The zero-order valence-electron chi connectivity index (χ0n) is 12.9. The zero-order chi connectivity index (χ0) is 13.1. The Morgan fingerprint density at radius 1 is 1.00 bits per heavy atom. The molecule has 106 valence electrons. The van der Waals surface area contributed by atoms with Crippen LogP contribution in [0.5, 0.6) is 0 Å². The van der Waals surface area contributed by atoms with Gasteiger partial charge in [-0.2, -0.15) is 0 Å². The molecule has 0 bridgehead atoms. The fourth-order valence-corrected chi connectivity index (χ4v) is 3.56. The molecule has 18 heavy (non-hydrogen) atoms. The lowest BCUT2D eigenvalue weighted by Crippen LogP contribution is -2.46.